The summed E-state index contributed by atoms with van der Waals surface area (Å²) < 4.78 is 5.19. The molecule has 2 rings (SSSR count). The van der Waals surface area contributed by atoms with Gasteiger partial charge < -0.3 is 15.0 Å². The van der Waals surface area contributed by atoms with Gasteiger partial charge in [-0.1, -0.05) is 18.2 Å². The van der Waals surface area contributed by atoms with Crippen LogP contribution in [0.1, 0.15) is 19.4 Å². The summed E-state index contributed by atoms with van der Waals surface area (Å²) in [6.07, 6.45) is 0. The normalized spacial score (nSPS) is 15.5. The second-order valence-electron chi connectivity index (χ2n) is 5.08. The number of fused-ring (bicyclic) bond motifs is 1. The van der Waals surface area contributed by atoms with E-state index in [0.29, 0.717) is 6.54 Å². The summed E-state index contributed by atoms with van der Waals surface area (Å²) in [4.78, 5) is 25.7. The number of rotatable bonds is 2. The Bertz CT molecular complexity index is 511. The molecule has 1 aromatic carbocycles. The fraction of sp³-hybridized carbons (Fsp3) is 0.429. The number of benzene rings is 1. The molecule has 0 saturated carbocycles. The Hall–Kier alpha value is -1.88. The Morgan fingerprint density at radius 3 is 2.68 bits per heavy atom. The predicted octanol–water partition coefficient (Wildman–Crippen LogP) is 1.39. The minimum absolute atomic E-state index is 0.0420. The van der Waals surface area contributed by atoms with E-state index in [1.807, 2.05) is 24.3 Å². The van der Waals surface area contributed by atoms with Gasteiger partial charge in [0.25, 0.3) is 5.91 Å². The van der Waals surface area contributed by atoms with E-state index in [0.717, 1.165) is 11.3 Å². The molecule has 1 N–H and O–H groups in total. The molecule has 2 amide bonds. The molecule has 5 nitrogen and oxygen atoms in total. The number of carbonyl (C=O) groups is 2. The van der Waals surface area contributed by atoms with Crippen molar-refractivity contribution < 1.29 is 14.3 Å². The lowest BCUT2D eigenvalue weighted by Crippen LogP contribution is -2.47. The molecule has 0 atom stereocenters. The van der Waals surface area contributed by atoms with Crippen LogP contribution in [-0.4, -0.2) is 36.0 Å². The highest BCUT2D eigenvalue weighted by Crippen LogP contribution is 2.22. The van der Waals surface area contributed by atoms with Crippen LogP contribution in [-0.2, 0) is 20.9 Å². The first kappa shape index (κ1) is 13.5. The van der Waals surface area contributed by atoms with Gasteiger partial charge >= 0.3 is 0 Å². The minimum atomic E-state index is -0.931. The number of ether oxygens (including phenoxy) is 1. The summed E-state index contributed by atoms with van der Waals surface area (Å²) in [6, 6.07) is 7.49. The zero-order valence-electron chi connectivity index (χ0n) is 11.4. The van der Waals surface area contributed by atoms with E-state index in [1.165, 1.54) is 12.0 Å². The SMILES string of the molecule is COC(C)(C)C(=O)N1CC(=O)Nc2ccccc2C1. The quantitative estimate of drug-likeness (QED) is 0.876. The number of nitrogens with one attached hydrogen (secondary N) is 1. The number of anilines is 1. The minimum Gasteiger partial charge on any atom is -0.369 e. The fourth-order valence-corrected chi connectivity index (χ4v) is 2.02. The second kappa shape index (κ2) is 5.01. The number of amides is 2. The number of nitrogens with zero attached hydrogens (tertiary/aromatic N) is 1. The number of hydrogen-bond donors (Lipinski definition) is 1. The lowest BCUT2D eigenvalue weighted by Gasteiger charge is -2.29. The molecule has 0 spiro atoms. The van der Waals surface area contributed by atoms with Crippen molar-refractivity contribution in [2.75, 3.05) is 19.0 Å². The lowest BCUT2D eigenvalue weighted by molar-refractivity contribution is -0.152. The first-order chi connectivity index (χ1) is 8.94. The largest absolute Gasteiger partial charge is 0.369 e. The molecule has 0 radical (unpaired) electrons. The zero-order chi connectivity index (χ0) is 14.0. The Labute approximate surface area is 112 Å². The molecule has 102 valence electrons. The van der Waals surface area contributed by atoms with E-state index in [4.69, 9.17) is 4.74 Å². The van der Waals surface area contributed by atoms with Crippen molar-refractivity contribution in [3.05, 3.63) is 29.8 Å². The van der Waals surface area contributed by atoms with Crippen LogP contribution in [0.5, 0.6) is 0 Å². The van der Waals surface area contributed by atoms with E-state index in [1.54, 1.807) is 13.8 Å². The second-order valence-corrected chi connectivity index (χ2v) is 5.08. The van der Waals surface area contributed by atoms with Crippen LogP contribution >= 0.6 is 0 Å². The predicted molar refractivity (Wildman–Crippen MR) is 71.6 cm³/mol. The molecule has 0 fully saturated rings. The van der Waals surface area contributed by atoms with E-state index in [2.05, 4.69) is 5.32 Å². The van der Waals surface area contributed by atoms with Gasteiger partial charge in [0.05, 0.1) is 0 Å². The molecule has 0 aliphatic carbocycles. The van der Waals surface area contributed by atoms with Crippen molar-refractivity contribution in [2.45, 2.75) is 26.0 Å². The first-order valence-corrected chi connectivity index (χ1v) is 6.16. The van der Waals surface area contributed by atoms with Crippen molar-refractivity contribution in [1.82, 2.24) is 4.90 Å². The van der Waals surface area contributed by atoms with E-state index in [-0.39, 0.29) is 18.4 Å². The lowest BCUT2D eigenvalue weighted by atomic mass is 10.1. The maximum Gasteiger partial charge on any atom is 0.254 e. The molecule has 19 heavy (non-hydrogen) atoms. The van der Waals surface area contributed by atoms with Crippen LogP contribution in [0, 0.1) is 0 Å². The van der Waals surface area contributed by atoms with Crippen molar-refractivity contribution >= 4 is 17.5 Å². The van der Waals surface area contributed by atoms with Gasteiger partial charge in [0.15, 0.2) is 0 Å². The Morgan fingerprint density at radius 1 is 1.32 bits per heavy atom. The third-order valence-corrected chi connectivity index (χ3v) is 3.30. The van der Waals surface area contributed by atoms with Crippen LogP contribution in [0.4, 0.5) is 5.69 Å². The fourth-order valence-electron chi connectivity index (χ4n) is 2.02. The van der Waals surface area contributed by atoms with Crippen molar-refractivity contribution in [3.8, 4) is 0 Å². The van der Waals surface area contributed by atoms with Crippen LogP contribution in [0.3, 0.4) is 0 Å². The standard InChI is InChI=1S/C14H18N2O3/c1-14(2,19-3)13(18)16-8-10-6-4-5-7-11(10)15-12(17)9-16/h4-7H,8-9H2,1-3H3,(H,15,17). The molecule has 0 saturated heterocycles. The van der Waals surface area contributed by atoms with Gasteiger partial charge in [-0.05, 0) is 25.5 Å². The van der Waals surface area contributed by atoms with Gasteiger partial charge in [-0.2, -0.15) is 0 Å². The molecule has 5 heteroatoms. The average Bonchev–Trinajstić information content (AvgIpc) is 2.55. The van der Waals surface area contributed by atoms with Gasteiger partial charge in [0.1, 0.15) is 12.1 Å². The molecule has 0 bridgehead atoms. The van der Waals surface area contributed by atoms with Gasteiger partial charge in [-0.15, -0.1) is 0 Å². The van der Waals surface area contributed by atoms with Gasteiger partial charge in [0, 0.05) is 19.3 Å². The summed E-state index contributed by atoms with van der Waals surface area (Å²) in [5.41, 5.74) is 0.756. The number of para-hydroxylation sites is 1. The Balaban J connectivity index is 2.29. The van der Waals surface area contributed by atoms with Crippen LogP contribution in [0.15, 0.2) is 24.3 Å². The van der Waals surface area contributed by atoms with E-state index in [9.17, 15) is 9.59 Å². The molecule has 0 unspecified atom stereocenters. The van der Waals surface area contributed by atoms with Crippen molar-refractivity contribution in [1.29, 1.82) is 0 Å². The number of carbonyl (C=O) groups excluding carboxylic acids is 2. The van der Waals surface area contributed by atoms with Crippen LogP contribution in [0.25, 0.3) is 0 Å². The molecular weight excluding hydrogens is 244 g/mol. The smallest absolute Gasteiger partial charge is 0.254 e. The third kappa shape index (κ3) is 2.76. The van der Waals surface area contributed by atoms with Gasteiger partial charge in [-0.25, -0.2) is 0 Å². The maximum absolute atomic E-state index is 12.4. The van der Waals surface area contributed by atoms with E-state index >= 15 is 0 Å². The molecular formula is C14H18N2O3. The molecule has 1 heterocycles. The highest BCUT2D eigenvalue weighted by molar-refractivity contribution is 5.97. The van der Waals surface area contributed by atoms with Crippen LogP contribution in [0.2, 0.25) is 0 Å². The number of methoxy groups -OCH3 is 1. The Kier molecular flexibility index (Phi) is 3.57. The molecule has 1 aliphatic heterocycles. The molecule has 1 aromatic rings. The van der Waals surface area contributed by atoms with Crippen LogP contribution < -0.4 is 5.32 Å². The van der Waals surface area contributed by atoms with E-state index < -0.39 is 5.60 Å². The molecule has 0 aromatic heterocycles. The first-order valence-electron chi connectivity index (χ1n) is 6.16. The molecule has 1 aliphatic rings. The topological polar surface area (TPSA) is 58.6 Å². The summed E-state index contributed by atoms with van der Waals surface area (Å²) in [5, 5.41) is 2.80. The number of hydrogen-bond acceptors (Lipinski definition) is 3. The Morgan fingerprint density at radius 2 is 2.00 bits per heavy atom. The summed E-state index contributed by atoms with van der Waals surface area (Å²) in [7, 11) is 1.49. The summed E-state index contributed by atoms with van der Waals surface area (Å²) >= 11 is 0. The highest BCUT2D eigenvalue weighted by Gasteiger charge is 2.34. The summed E-state index contributed by atoms with van der Waals surface area (Å²) in [5.74, 6) is -0.382. The van der Waals surface area contributed by atoms with Crippen molar-refractivity contribution in [3.63, 3.8) is 0 Å². The van der Waals surface area contributed by atoms with Gasteiger partial charge in [0.2, 0.25) is 5.91 Å². The van der Waals surface area contributed by atoms with Crippen molar-refractivity contribution in [2.24, 2.45) is 0 Å². The zero-order valence-corrected chi connectivity index (χ0v) is 11.4. The summed E-state index contributed by atoms with van der Waals surface area (Å²) in [6.45, 7) is 3.84. The maximum atomic E-state index is 12.4. The highest BCUT2D eigenvalue weighted by atomic mass is 16.5. The monoisotopic (exact) mass is 262 g/mol. The van der Waals surface area contributed by atoms with Gasteiger partial charge in [-0.3, -0.25) is 9.59 Å². The third-order valence-electron chi connectivity index (χ3n) is 3.30. The average molecular weight is 262 g/mol.